The quantitative estimate of drug-likeness (QED) is 0.0228. The summed E-state index contributed by atoms with van der Waals surface area (Å²) in [5, 5.41) is 31.4. The number of hydrogen-bond acceptors (Lipinski definition) is 11. The van der Waals surface area contributed by atoms with Gasteiger partial charge in [0.2, 0.25) is 0 Å². The van der Waals surface area contributed by atoms with E-state index in [2.05, 4.69) is 81.5 Å². The fourth-order valence-electron chi connectivity index (χ4n) is 8.18. The van der Waals surface area contributed by atoms with Crippen molar-refractivity contribution in [2.24, 2.45) is 0 Å². The Bertz CT molecular complexity index is 1470. The SMILES string of the molecule is CCC/C=C\C/C=C\CCCCCCCC(=O)OCC(COC1OC(C(=O)O)C(O)C(O)C1OC(=O)CCCCCCCC/C=C\C/C=C\C/C=C\CCCCC)OC(=O)CCCCCCCCCCC. The topological polar surface area (TPSA) is 175 Å². The molecule has 1 aliphatic rings. The summed E-state index contributed by atoms with van der Waals surface area (Å²) in [6, 6.07) is 0. The number of aliphatic carboxylic acids is 1. The Morgan fingerprint density at radius 2 is 0.873 bits per heavy atom. The van der Waals surface area contributed by atoms with Gasteiger partial charge in [0.1, 0.15) is 18.8 Å². The van der Waals surface area contributed by atoms with Crippen LogP contribution < -0.4 is 0 Å². The van der Waals surface area contributed by atoms with Crippen LogP contribution in [-0.4, -0.2) is 89.2 Å². The molecule has 0 saturated carbocycles. The van der Waals surface area contributed by atoms with E-state index in [1.54, 1.807) is 0 Å². The molecule has 0 spiro atoms. The number of ether oxygens (including phenoxy) is 5. The van der Waals surface area contributed by atoms with E-state index in [9.17, 15) is 34.5 Å². The summed E-state index contributed by atoms with van der Waals surface area (Å²) < 4.78 is 28.3. The first-order chi connectivity index (χ1) is 34.6. The lowest BCUT2D eigenvalue weighted by Crippen LogP contribution is -2.61. The molecular formula is C59H100O12. The van der Waals surface area contributed by atoms with Gasteiger partial charge in [-0.25, -0.2) is 4.79 Å². The number of allylic oxidation sites excluding steroid dienone is 10. The molecule has 0 aliphatic carbocycles. The molecule has 408 valence electrons. The Kier molecular flexibility index (Phi) is 43.7. The Morgan fingerprint density at radius 1 is 0.465 bits per heavy atom. The van der Waals surface area contributed by atoms with Crippen molar-refractivity contribution in [3.63, 3.8) is 0 Å². The number of carbonyl (C=O) groups is 4. The number of esters is 3. The second kappa shape index (κ2) is 47.4. The molecule has 0 bridgehead atoms. The highest BCUT2D eigenvalue weighted by Crippen LogP contribution is 2.26. The van der Waals surface area contributed by atoms with Gasteiger partial charge < -0.3 is 39.0 Å². The zero-order valence-electron chi connectivity index (χ0n) is 44.7. The van der Waals surface area contributed by atoms with Crippen LogP contribution >= 0.6 is 0 Å². The van der Waals surface area contributed by atoms with Crippen LogP contribution in [0.2, 0.25) is 0 Å². The summed E-state index contributed by atoms with van der Waals surface area (Å²) in [7, 11) is 0. The van der Waals surface area contributed by atoms with Gasteiger partial charge in [-0.1, -0.05) is 197 Å². The summed E-state index contributed by atoms with van der Waals surface area (Å²) in [5.74, 6) is -3.15. The highest BCUT2D eigenvalue weighted by molar-refractivity contribution is 5.74. The molecule has 6 atom stereocenters. The summed E-state index contributed by atoms with van der Waals surface area (Å²) in [5.41, 5.74) is 0. The van der Waals surface area contributed by atoms with E-state index in [1.807, 2.05) is 0 Å². The maximum absolute atomic E-state index is 13.0. The van der Waals surface area contributed by atoms with Gasteiger partial charge in [0.25, 0.3) is 0 Å². The second-order valence-electron chi connectivity index (χ2n) is 19.2. The molecule has 1 saturated heterocycles. The molecule has 0 aromatic rings. The molecule has 1 fully saturated rings. The predicted octanol–water partition coefficient (Wildman–Crippen LogP) is 14.0. The van der Waals surface area contributed by atoms with Crippen LogP contribution in [0.3, 0.4) is 0 Å². The largest absolute Gasteiger partial charge is 0.479 e. The first-order valence-corrected chi connectivity index (χ1v) is 28.3. The number of carbonyl (C=O) groups excluding carboxylic acids is 3. The molecule has 0 amide bonds. The molecule has 0 aromatic heterocycles. The van der Waals surface area contributed by atoms with E-state index in [4.69, 9.17) is 23.7 Å². The Hall–Kier alpha value is -3.58. The molecule has 1 heterocycles. The minimum atomic E-state index is -1.91. The van der Waals surface area contributed by atoms with Gasteiger partial charge in [-0.2, -0.15) is 0 Å². The van der Waals surface area contributed by atoms with Crippen LogP contribution in [0.4, 0.5) is 0 Å². The van der Waals surface area contributed by atoms with Crippen LogP contribution in [0.5, 0.6) is 0 Å². The minimum absolute atomic E-state index is 0.0446. The standard InChI is InChI=1S/C59H100O12/c1-4-7-10-13-16-19-21-23-24-25-26-27-28-30-32-35-38-41-44-47-53(62)70-57-55(64)54(63)56(58(65)66)71-59(57)68-49-50(69-52(61)46-43-40-37-33-18-15-12-9-6-3)48-67-51(60)45-42-39-36-34-31-29-22-20-17-14-11-8-5-2/h11,14,16,19-20,22-24,26-27,50,54-57,59,63-64H,4-10,12-13,15,17-18,21,25,28-49H2,1-3H3,(H,65,66)/b14-11-,19-16-,22-20-,24-23-,27-26-. The van der Waals surface area contributed by atoms with Gasteiger partial charge in [-0.3, -0.25) is 14.4 Å². The van der Waals surface area contributed by atoms with Crippen molar-refractivity contribution in [2.45, 2.75) is 276 Å². The van der Waals surface area contributed by atoms with Gasteiger partial charge >= 0.3 is 23.9 Å². The van der Waals surface area contributed by atoms with Crippen molar-refractivity contribution in [3.8, 4) is 0 Å². The predicted molar refractivity (Wildman–Crippen MR) is 285 cm³/mol. The highest BCUT2D eigenvalue weighted by atomic mass is 16.7. The zero-order valence-corrected chi connectivity index (χ0v) is 44.7. The van der Waals surface area contributed by atoms with Crippen LogP contribution in [0.1, 0.15) is 239 Å². The number of aliphatic hydroxyl groups is 2. The van der Waals surface area contributed by atoms with Crippen LogP contribution in [-0.2, 0) is 42.9 Å². The Morgan fingerprint density at radius 3 is 1.37 bits per heavy atom. The minimum Gasteiger partial charge on any atom is -0.479 e. The number of carboxylic acid groups (broad SMARTS) is 1. The van der Waals surface area contributed by atoms with Crippen molar-refractivity contribution in [2.75, 3.05) is 13.2 Å². The lowest BCUT2D eigenvalue weighted by molar-refractivity contribution is -0.301. The highest BCUT2D eigenvalue weighted by Gasteiger charge is 2.50. The molecule has 0 aromatic carbocycles. The molecule has 3 N–H and O–H groups in total. The van der Waals surface area contributed by atoms with Gasteiger partial charge in [0.15, 0.2) is 24.6 Å². The van der Waals surface area contributed by atoms with Gasteiger partial charge in [-0.15, -0.1) is 0 Å². The maximum atomic E-state index is 13.0. The average Bonchev–Trinajstić information content (AvgIpc) is 3.35. The lowest BCUT2D eigenvalue weighted by Gasteiger charge is -2.40. The van der Waals surface area contributed by atoms with E-state index in [0.717, 1.165) is 122 Å². The van der Waals surface area contributed by atoms with Crippen LogP contribution in [0, 0.1) is 0 Å². The molecule has 6 unspecified atom stereocenters. The number of unbranched alkanes of at least 4 members (excludes halogenated alkanes) is 23. The summed E-state index contributed by atoms with van der Waals surface area (Å²) in [4.78, 5) is 50.9. The van der Waals surface area contributed by atoms with Crippen molar-refractivity contribution in [3.05, 3.63) is 60.8 Å². The Balaban J connectivity index is 2.67. The lowest BCUT2D eigenvalue weighted by atomic mass is 9.98. The number of rotatable bonds is 47. The van der Waals surface area contributed by atoms with Gasteiger partial charge in [0, 0.05) is 19.3 Å². The van der Waals surface area contributed by atoms with Gasteiger partial charge in [0.05, 0.1) is 6.61 Å². The van der Waals surface area contributed by atoms with E-state index >= 15 is 0 Å². The van der Waals surface area contributed by atoms with E-state index < -0.39 is 67.3 Å². The Labute approximate surface area is 430 Å². The third kappa shape index (κ3) is 37.8. The number of aliphatic hydroxyl groups excluding tert-OH is 2. The summed E-state index contributed by atoms with van der Waals surface area (Å²) in [6.07, 6.45) is 44.9. The normalized spacial score (nSPS) is 18.9. The molecule has 1 rings (SSSR count). The number of carboxylic acids is 1. The fourth-order valence-corrected chi connectivity index (χ4v) is 8.18. The van der Waals surface area contributed by atoms with Gasteiger partial charge in [-0.05, 0) is 83.5 Å². The fraction of sp³-hybridized carbons (Fsp3) is 0.763. The van der Waals surface area contributed by atoms with Crippen LogP contribution in [0.15, 0.2) is 60.8 Å². The van der Waals surface area contributed by atoms with Crippen molar-refractivity contribution < 1.29 is 58.2 Å². The van der Waals surface area contributed by atoms with Crippen LogP contribution in [0.25, 0.3) is 0 Å². The molecular weight excluding hydrogens is 901 g/mol. The summed E-state index contributed by atoms with van der Waals surface area (Å²) >= 11 is 0. The summed E-state index contributed by atoms with van der Waals surface area (Å²) in [6.45, 7) is 5.85. The maximum Gasteiger partial charge on any atom is 0.335 e. The molecule has 1 aliphatic heterocycles. The monoisotopic (exact) mass is 1000 g/mol. The third-order valence-electron chi connectivity index (χ3n) is 12.5. The smallest absolute Gasteiger partial charge is 0.335 e. The molecule has 0 radical (unpaired) electrons. The molecule has 12 heteroatoms. The van der Waals surface area contributed by atoms with E-state index in [0.29, 0.717) is 19.3 Å². The van der Waals surface area contributed by atoms with Crippen molar-refractivity contribution >= 4 is 23.9 Å². The second-order valence-corrected chi connectivity index (χ2v) is 19.2. The van der Waals surface area contributed by atoms with Crippen molar-refractivity contribution in [1.29, 1.82) is 0 Å². The molecule has 12 nitrogen and oxygen atoms in total. The zero-order chi connectivity index (χ0) is 51.8. The third-order valence-corrected chi connectivity index (χ3v) is 12.5. The number of hydrogen-bond donors (Lipinski definition) is 3. The average molecular weight is 1000 g/mol. The van der Waals surface area contributed by atoms with Crippen molar-refractivity contribution in [1.82, 2.24) is 0 Å². The van der Waals surface area contributed by atoms with E-state index in [-0.39, 0.29) is 25.9 Å². The first-order valence-electron chi connectivity index (χ1n) is 28.3. The first kappa shape index (κ1) is 65.4. The van der Waals surface area contributed by atoms with E-state index in [1.165, 1.54) is 57.8 Å². The molecule has 71 heavy (non-hydrogen) atoms.